The van der Waals surface area contributed by atoms with E-state index in [4.69, 9.17) is 22.7 Å². The van der Waals surface area contributed by atoms with Crippen LogP contribution in [0.25, 0.3) is 0 Å². The molecule has 8 nitrogen and oxygen atoms in total. The highest BCUT2D eigenvalue weighted by Gasteiger charge is 2.21. The highest BCUT2D eigenvalue weighted by Crippen LogP contribution is 2.17. The fourth-order valence-corrected chi connectivity index (χ4v) is 2.44. The summed E-state index contributed by atoms with van der Waals surface area (Å²) in [5, 5.41) is 10.9. The Balaban J connectivity index is 1.73. The van der Waals surface area contributed by atoms with Crippen molar-refractivity contribution in [2.45, 2.75) is 6.42 Å². The van der Waals surface area contributed by atoms with Crippen LogP contribution in [-0.4, -0.2) is 58.5 Å². The van der Waals surface area contributed by atoms with E-state index in [9.17, 15) is 14.9 Å². The van der Waals surface area contributed by atoms with Gasteiger partial charge in [-0.25, -0.2) is 0 Å². The smallest absolute Gasteiger partial charge is 0.269 e. The Bertz CT molecular complexity index is 585. The molecule has 2 rings (SSSR count). The molecule has 0 atom stereocenters. The Kier molecular flexibility index (Phi) is 5.69. The molecule has 0 aliphatic carbocycles. The normalized spacial score (nSPS) is 14.4. The quantitative estimate of drug-likeness (QED) is 0.480. The number of nitro groups is 1. The van der Waals surface area contributed by atoms with E-state index < -0.39 is 4.92 Å². The van der Waals surface area contributed by atoms with Crippen molar-refractivity contribution < 1.29 is 14.5 Å². The number of rotatable bonds is 5. The van der Waals surface area contributed by atoms with Gasteiger partial charge < -0.3 is 20.3 Å². The van der Waals surface area contributed by atoms with Gasteiger partial charge in [0.2, 0.25) is 5.91 Å². The van der Waals surface area contributed by atoms with Gasteiger partial charge in [-0.3, -0.25) is 14.9 Å². The van der Waals surface area contributed by atoms with E-state index in [0.717, 1.165) is 0 Å². The zero-order valence-corrected chi connectivity index (χ0v) is 13.3. The molecular weight excluding hydrogens is 320 g/mol. The van der Waals surface area contributed by atoms with E-state index >= 15 is 0 Å². The van der Waals surface area contributed by atoms with Crippen LogP contribution in [-0.2, 0) is 4.79 Å². The number of ether oxygens (including phenoxy) is 1. The van der Waals surface area contributed by atoms with Gasteiger partial charge in [-0.05, 0) is 24.4 Å². The second-order valence-corrected chi connectivity index (χ2v) is 5.47. The Morgan fingerprint density at radius 1 is 1.22 bits per heavy atom. The van der Waals surface area contributed by atoms with Crippen molar-refractivity contribution >= 4 is 28.9 Å². The Morgan fingerprint density at radius 3 is 2.30 bits per heavy atom. The van der Waals surface area contributed by atoms with E-state index in [1.807, 2.05) is 4.90 Å². The summed E-state index contributed by atoms with van der Waals surface area (Å²) in [4.78, 5) is 25.8. The van der Waals surface area contributed by atoms with Crippen molar-refractivity contribution in [1.29, 1.82) is 0 Å². The maximum Gasteiger partial charge on any atom is 0.269 e. The number of carbonyl (C=O) groups excluding carboxylic acids is 1. The lowest BCUT2D eigenvalue weighted by Crippen LogP contribution is -2.52. The molecule has 124 valence electrons. The van der Waals surface area contributed by atoms with Crippen molar-refractivity contribution in [2.75, 3.05) is 32.8 Å². The zero-order valence-electron chi connectivity index (χ0n) is 12.5. The SMILES string of the molecule is NC(=S)N1CCN(C(=O)CCOc2ccc([N+](=O)[O-])cc2)CC1. The molecule has 1 aliphatic heterocycles. The van der Waals surface area contributed by atoms with E-state index in [1.165, 1.54) is 24.3 Å². The summed E-state index contributed by atoms with van der Waals surface area (Å²) in [5.74, 6) is 0.510. The summed E-state index contributed by atoms with van der Waals surface area (Å²) in [7, 11) is 0. The molecule has 23 heavy (non-hydrogen) atoms. The zero-order chi connectivity index (χ0) is 16.8. The van der Waals surface area contributed by atoms with Crippen molar-refractivity contribution in [3.63, 3.8) is 0 Å². The van der Waals surface area contributed by atoms with Crippen LogP contribution in [0.1, 0.15) is 6.42 Å². The first-order valence-electron chi connectivity index (χ1n) is 7.17. The average molecular weight is 338 g/mol. The number of hydrogen-bond acceptors (Lipinski definition) is 5. The molecule has 1 aliphatic rings. The Hall–Kier alpha value is -2.42. The molecule has 0 radical (unpaired) electrons. The molecule has 0 unspecified atom stereocenters. The minimum atomic E-state index is -0.472. The third-order valence-electron chi connectivity index (χ3n) is 3.58. The van der Waals surface area contributed by atoms with Crippen LogP contribution in [0.3, 0.4) is 0 Å². The highest BCUT2D eigenvalue weighted by atomic mass is 32.1. The molecule has 0 bridgehead atoms. The number of amides is 1. The molecule has 1 heterocycles. The number of non-ortho nitro benzene ring substituents is 1. The van der Waals surface area contributed by atoms with Crippen LogP contribution in [0, 0.1) is 10.1 Å². The Morgan fingerprint density at radius 2 is 1.78 bits per heavy atom. The number of nitro benzene ring substituents is 1. The number of carbonyl (C=O) groups is 1. The van der Waals surface area contributed by atoms with Gasteiger partial charge in [-0.15, -0.1) is 0 Å². The first-order valence-corrected chi connectivity index (χ1v) is 7.57. The standard InChI is InChI=1S/C14H18N4O4S/c15-14(23)17-8-6-16(7-9-17)13(19)5-10-22-12-3-1-11(2-4-12)18(20)21/h1-4H,5-10H2,(H2,15,23). The second-order valence-electron chi connectivity index (χ2n) is 5.06. The first kappa shape index (κ1) is 16.9. The number of benzene rings is 1. The van der Waals surface area contributed by atoms with Crippen LogP contribution in [0.4, 0.5) is 5.69 Å². The van der Waals surface area contributed by atoms with Crippen molar-refractivity contribution in [3.05, 3.63) is 34.4 Å². The average Bonchev–Trinajstić information content (AvgIpc) is 2.55. The van der Waals surface area contributed by atoms with Crippen LogP contribution in [0.2, 0.25) is 0 Å². The molecule has 1 saturated heterocycles. The summed E-state index contributed by atoms with van der Waals surface area (Å²) in [6.07, 6.45) is 0.254. The maximum atomic E-state index is 12.1. The third-order valence-corrected chi connectivity index (χ3v) is 3.83. The van der Waals surface area contributed by atoms with Gasteiger partial charge in [0.05, 0.1) is 18.0 Å². The first-order chi connectivity index (χ1) is 11.0. The van der Waals surface area contributed by atoms with E-state index in [-0.39, 0.29) is 24.6 Å². The molecule has 9 heteroatoms. The lowest BCUT2D eigenvalue weighted by atomic mass is 10.3. The van der Waals surface area contributed by atoms with Gasteiger partial charge in [0.25, 0.3) is 5.69 Å². The summed E-state index contributed by atoms with van der Waals surface area (Å²) >= 11 is 4.91. The highest BCUT2D eigenvalue weighted by molar-refractivity contribution is 7.80. The van der Waals surface area contributed by atoms with Crippen molar-refractivity contribution in [2.24, 2.45) is 5.73 Å². The van der Waals surface area contributed by atoms with Gasteiger partial charge in [-0.1, -0.05) is 0 Å². The van der Waals surface area contributed by atoms with Gasteiger partial charge in [0.1, 0.15) is 5.75 Å². The maximum absolute atomic E-state index is 12.1. The van der Waals surface area contributed by atoms with Crippen molar-refractivity contribution in [1.82, 2.24) is 9.80 Å². The van der Waals surface area contributed by atoms with E-state index in [2.05, 4.69) is 0 Å². The minimum Gasteiger partial charge on any atom is -0.493 e. The molecule has 1 aromatic carbocycles. The fourth-order valence-electron chi connectivity index (χ4n) is 2.25. The molecular formula is C14H18N4O4S. The van der Waals surface area contributed by atoms with Crippen LogP contribution >= 0.6 is 12.2 Å². The second kappa shape index (κ2) is 7.73. The van der Waals surface area contributed by atoms with E-state index in [0.29, 0.717) is 37.0 Å². The molecule has 0 aromatic heterocycles. The third kappa shape index (κ3) is 4.78. The van der Waals surface area contributed by atoms with E-state index in [1.54, 1.807) is 4.90 Å². The molecule has 2 N–H and O–H groups in total. The number of nitrogens with two attached hydrogens (primary N) is 1. The van der Waals surface area contributed by atoms with Gasteiger partial charge >= 0.3 is 0 Å². The van der Waals surface area contributed by atoms with Crippen LogP contribution < -0.4 is 10.5 Å². The number of hydrogen-bond donors (Lipinski definition) is 1. The number of nitrogens with zero attached hydrogens (tertiary/aromatic N) is 3. The van der Waals surface area contributed by atoms with Crippen LogP contribution in [0.5, 0.6) is 5.75 Å². The lowest BCUT2D eigenvalue weighted by Gasteiger charge is -2.35. The van der Waals surface area contributed by atoms with Gasteiger partial charge in [0, 0.05) is 38.3 Å². The largest absolute Gasteiger partial charge is 0.493 e. The summed E-state index contributed by atoms with van der Waals surface area (Å²) in [6.45, 7) is 2.70. The summed E-state index contributed by atoms with van der Waals surface area (Å²) in [6, 6.07) is 5.77. The minimum absolute atomic E-state index is 0.00381. The van der Waals surface area contributed by atoms with Crippen LogP contribution in [0.15, 0.2) is 24.3 Å². The predicted molar refractivity (Wildman–Crippen MR) is 88.1 cm³/mol. The molecule has 0 saturated carbocycles. The predicted octanol–water partition coefficient (Wildman–Crippen LogP) is 0.751. The van der Waals surface area contributed by atoms with Crippen molar-refractivity contribution in [3.8, 4) is 5.75 Å². The molecule has 0 spiro atoms. The molecule has 1 fully saturated rings. The number of piperazine rings is 1. The lowest BCUT2D eigenvalue weighted by molar-refractivity contribution is -0.384. The number of thiocarbonyl (C=S) groups is 1. The molecule has 1 amide bonds. The fraction of sp³-hybridized carbons (Fsp3) is 0.429. The van der Waals surface area contributed by atoms with Gasteiger partial charge in [-0.2, -0.15) is 0 Å². The van der Waals surface area contributed by atoms with Gasteiger partial charge in [0.15, 0.2) is 5.11 Å². The summed E-state index contributed by atoms with van der Waals surface area (Å²) in [5.41, 5.74) is 5.56. The Labute approximate surface area is 138 Å². The topological polar surface area (TPSA) is 102 Å². The molecule has 1 aromatic rings. The summed E-state index contributed by atoms with van der Waals surface area (Å²) < 4.78 is 5.44. The monoisotopic (exact) mass is 338 g/mol.